The molecule has 0 unspecified atom stereocenters. The Hall–Kier alpha value is -3.10. The summed E-state index contributed by atoms with van der Waals surface area (Å²) in [7, 11) is 1.63. The minimum atomic E-state index is -0.102. The fourth-order valence-electron chi connectivity index (χ4n) is 3.16. The van der Waals surface area contributed by atoms with Gasteiger partial charge in [-0.05, 0) is 61.0 Å². The lowest BCUT2D eigenvalue weighted by Gasteiger charge is -2.11. The molecule has 32 heavy (non-hydrogen) atoms. The summed E-state index contributed by atoms with van der Waals surface area (Å²) < 4.78 is 8.22. The summed E-state index contributed by atoms with van der Waals surface area (Å²) in [5, 5.41) is 12.4. The molecule has 1 N–H and O–H groups in total. The molecule has 6 nitrogen and oxygen atoms in total. The Morgan fingerprint density at radius 1 is 1.06 bits per heavy atom. The second kappa shape index (κ2) is 10.0. The molecule has 0 aliphatic heterocycles. The molecule has 8 heteroatoms. The van der Waals surface area contributed by atoms with Crippen LogP contribution in [0.25, 0.3) is 17.1 Å². The van der Waals surface area contributed by atoms with Crippen LogP contribution >= 0.6 is 27.7 Å². The quantitative estimate of drug-likeness (QED) is 0.322. The fourth-order valence-corrected chi connectivity index (χ4v) is 4.18. The molecule has 1 amide bonds. The van der Waals surface area contributed by atoms with Gasteiger partial charge in [0.1, 0.15) is 5.75 Å². The van der Waals surface area contributed by atoms with Crippen molar-refractivity contribution in [1.29, 1.82) is 0 Å². The zero-order valence-electron chi connectivity index (χ0n) is 17.6. The lowest BCUT2D eigenvalue weighted by Crippen LogP contribution is -2.14. The van der Waals surface area contributed by atoms with Gasteiger partial charge in [0.25, 0.3) is 0 Å². The molecule has 1 aromatic heterocycles. The topological polar surface area (TPSA) is 69.0 Å². The number of hydrogen-bond donors (Lipinski definition) is 1. The number of aromatic nitrogens is 3. The van der Waals surface area contributed by atoms with Crippen molar-refractivity contribution in [3.63, 3.8) is 0 Å². The maximum absolute atomic E-state index is 12.5. The zero-order valence-corrected chi connectivity index (χ0v) is 20.0. The van der Waals surface area contributed by atoms with Gasteiger partial charge in [0.05, 0.1) is 12.9 Å². The van der Waals surface area contributed by atoms with E-state index in [0.717, 1.165) is 32.7 Å². The van der Waals surface area contributed by atoms with Crippen molar-refractivity contribution in [2.24, 2.45) is 0 Å². The normalized spacial score (nSPS) is 10.7. The second-order valence-corrected chi connectivity index (χ2v) is 8.91. The number of ether oxygens (including phenoxy) is 1. The van der Waals surface area contributed by atoms with E-state index < -0.39 is 0 Å². The highest BCUT2D eigenvalue weighted by molar-refractivity contribution is 9.10. The van der Waals surface area contributed by atoms with Gasteiger partial charge in [-0.25, -0.2) is 0 Å². The molecule has 0 atom stereocenters. The Balaban J connectivity index is 1.61. The first-order valence-electron chi connectivity index (χ1n) is 9.88. The molecule has 0 saturated heterocycles. The molecule has 4 aromatic rings. The number of benzene rings is 3. The highest BCUT2D eigenvalue weighted by Crippen LogP contribution is 2.29. The van der Waals surface area contributed by atoms with Gasteiger partial charge >= 0.3 is 0 Å². The molecule has 0 saturated carbocycles. The summed E-state index contributed by atoms with van der Waals surface area (Å²) >= 11 is 4.81. The number of halogens is 1. The monoisotopic (exact) mass is 508 g/mol. The first-order valence-corrected chi connectivity index (χ1v) is 11.7. The minimum Gasteiger partial charge on any atom is -0.497 e. The molecular weight excluding hydrogens is 488 g/mol. The third-order valence-electron chi connectivity index (χ3n) is 4.70. The van der Waals surface area contributed by atoms with Crippen molar-refractivity contribution in [2.45, 2.75) is 12.1 Å². The summed E-state index contributed by atoms with van der Waals surface area (Å²) in [6.45, 7) is 1.99. The number of thioether (sulfide) groups is 1. The van der Waals surface area contributed by atoms with Crippen molar-refractivity contribution < 1.29 is 9.53 Å². The van der Waals surface area contributed by atoms with E-state index in [1.165, 1.54) is 11.8 Å². The van der Waals surface area contributed by atoms with E-state index in [-0.39, 0.29) is 11.7 Å². The first-order chi connectivity index (χ1) is 15.5. The molecular formula is C24H21BrN4O2S. The van der Waals surface area contributed by atoms with E-state index >= 15 is 0 Å². The van der Waals surface area contributed by atoms with Crippen LogP contribution in [0.5, 0.6) is 5.75 Å². The van der Waals surface area contributed by atoms with Crippen molar-refractivity contribution in [1.82, 2.24) is 14.8 Å². The highest BCUT2D eigenvalue weighted by atomic mass is 79.9. The van der Waals surface area contributed by atoms with E-state index in [1.54, 1.807) is 7.11 Å². The number of nitrogens with zero attached hydrogens (tertiary/aromatic N) is 3. The minimum absolute atomic E-state index is 0.102. The number of methoxy groups -OCH3 is 1. The molecule has 0 aliphatic rings. The Morgan fingerprint density at radius 3 is 2.50 bits per heavy atom. The Morgan fingerprint density at radius 2 is 1.81 bits per heavy atom. The standard InChI is InChI=1S/C24H21BrN4O2S/c1-16-4-3-5-19(14-16)26-22(30)15-32-24-28-27-23(17-6-8-18(25)9-7-17)29(24)20-10-12-21(31-2)13-11-20/h3-14H,15H2,1-2H3,(H,26,30). The molecule has 162 valence electrons. The lowest BCUT2D eigenvalue weighted by atomic mass is 10.2. The molecule has 3 aromatic carbocycles. The van der Waals surface area contributed by atoms with E-state index in [4.69, 9.17) is 4.74 Å². The SMILES string of the molecule is COc1ccc(-n2c(SCC(=O)Nc3cccc(C)c3)nnc2-c2ccc(Br)cc2)cc1. The van der Waals surface area contributed by atoms with E-state index in [1.807, 2.05) is 84.3 Å². The summed E-state index contributed by atoms with van der Waals surface area (Å²) in [5.41, 5.74) is 3.68. The van der Waals surface area contributed by atoms with Gasteiger partial charge in [0.2, 0.25) is 5.91 Å². The smallest absolute Gasteiger partial charge is 0.234 e. The fraction of sp³-hybridized carbons (Fsp3) is 0.125. The van der Waals surface area contributed by atoms with Crippen LogP contribution < -0.4 is 10.1 Å². The molecule has 1 heterocycles. The zero-order chi connectivity index (χ0) is 22.5. The van der Waals surface area contributed by atoms with Gasteiger partial charge in [-0.15, -0.1) is 10.2 Å². The molecule has 0 fully saturated rings. The van der Waals surface area contributed by atoms with Crippen LogP contribution in [-0.2, 0) is 4.79 Å². The van der Waals surface area contributed by atoms with Crippen LogP contribution in [-0.4, -0.2) is 33.5 Å². The summed E-state index contributed by atoms with van der Waals surface area (Å²) in [4.78, 5) is 12.5. The van der Waals surface area contributed by atoms with Crippen molar-refractivity contribution in [3.05, 3.63) is 82.8 Å². The third kappa shape index (κ3) is 5.20. The van der Waals surface area contributed by atoms with Crippen LogP contribution in [0.4, 0.5) is 5.69 Å². The summed E-state index contributed by atoms with van der Waals surface area (Å²) in [6, 6.07) is 23.3. The van der Waals surface area contributed by atoms with Crippen molar-refractivity contribution in [3.8, 4) is 22.8 Å². The number of rotatable bonds is 7. The average molecular weight is 509 g/mol. The second-order valence-electron chi connectivity index (χ2n) is 7.05. The van der Waals surface area contributed by atoms with Gasteiger partial charge in [0.15, 0.2) is 11.0 Å². The van der Waals surface area contributed by atoms with E-state index in [9.17, 15) is 4.79 Å². The largest absolute Gasteiger partial charge is 0.497 e. The first kappa shape index (κ1) is 22.1. The molecule has 4 rings (SSSR count). The van der Waals surface area contributed by atoms with Gasteiger partial charge in [-0.1, -0.05) is 52.0 Å². The predicted octanol–water partition coefficient (Wildman–Crippen LogP) is 5.74. The Kier molecular flexibility index (Phi) is 6.92. The van der Waals surface area contributed by atoms with Gasteiger partial charge in [-0.3, -0.25) is 9.36 Å². The van der Waals surface area contributed by atoms with Crippen LogP contribution in [0.15, 0.2) is 82.4 Å². The van der Waals surface area contributed by atoms with Gasteiger partial charge in [-0.2, -0.15) is 0 Å². The van der Waals surface area contributed by atoms with Gasteiger partial charge < -0.3 is 10.1 Å². The number of carbonyl (C=O) groups is 1. The van der Waals surface area contributed by atoms with Crippen LogP contribution in [0.2, 0.25) is 0 Å². The number of aryl methyl sites for hydroxylation is 1. The van der Waals surface area contributed by atoms with Crippen molar-refractivity contribution in [2.75, 3.05) is 18.2 Å². The Bertz CT molecular complexity index is 1220. The Labute approximate surface area is 199 Å². The van der Waals surface area contributed by atoms with Crippen LogP contribution in [0.1, 0.15) is 5.56 Å². The number of amides is 1. The predicted molar refractivity (Wildman–Crippen MR) is 132 cm³/mol. The maximum Gasteiger partial charge on any atom is 0.234 e. The maximum atomic E-state index is 12.5. The molecule has 0 aliphatic carbocycles. The molecule has 0 radical (unpaired) electrons. The van der Waals surface area contributed by atoms with E-state index in [0.29, 0.717) is 11.0 Å². The lowest BCUT2D eigenvalue weighted by molar-refractivity contribution is -0.113. The highest BCUT2D eigenvalue weighted by Gasteiger charge is 2.17. The van der Waals surface area contributed by atoms with Crippen LogP contribution in [0.3, 0.4) is 0 Å². The van der Waals surface area contributed by atoms with Crippen molar-refractivity contribution >= 4 is 39.3 Å². The molecule has 0 bridgehead atoms. The number of hydrogen-bond acceptors (Lipinski definition) is 5. The summed E-state index contributed by atoms with van der Waals surface area (Å²) in [5.74, 6) is 1.57. The number of anilines is 1. The number of nitrogens with one attached hydrogen (secondary N) is 1. The third-order valence-corrected chi connectivity index (χ3v) is 6.16. The number of carbonyl (C=O) groups excluding carboxylic acids is 1. The van der Waals surface area contributed by atoms with E-state index in [2.05, 4.69) is 31.4 Å². The molecule has 0 spiro atoms. The van der Waals surface area contributed by atoms with Gasteiger partial charge in [0, 0.05) is 21.4 Å². The summed E-state index contributed by atoms with van der Waals surface area (Å²) in [6.07, 6.45) is 0. The average Bonchev–Trinajstić information content (AvgIpc) is 3.22. The van der Waals surface area contributed by atoms with Crippen LogP contribution in [0, 0.1) is 6.92 Å².